The highest BCUT2D eigenvalue weighted by molar-refractivity contribution is 6.06. The van der Waals surface area contributed by atoms with E-state index in [0.29, 0.717) is 91.2 Å². The quantitative estimate of drug-likeness (QED) is 0.196. The zero-order valence-electron chi connectivity index (χ0n) is 41.3. The van der Waals surface area contributed by atoms with Crippen LogP contribution in [0.25, 0.3) is 11.1 Å². The molecular weight excluding hydrogens is 893 g/mol. The van der Waals surface area contributed by atoms with Crippen molar-refractivity contribution in [1.82, 2.24) is 19.6 Å². The second-order valence-corrected chi connectivity index (χ2v) is 20.0. The lowest BCUT2D eigenvalue weighted by Crippen LogP contribution is -2.44. The van der Waals surface area contributed by atoms with E-state index in [9.17, 15) is 9.59 Å². The van der Waals surface area contributed by atoms with E-state index in [1.54, 1.807) is 0 Å². The van der Waals surface area contributed by atoms with Crippen LogP contribution < -0.4 is 28.7 Å². The van der Waals surface area contributed by atoms with Crippen molar-refractivity contribution in [1.29, 1.82) is 0 Å². The van der Waals surface area contributed by atoms with Gasteiger partial charge in [0.1, 0.15) is 0 Å². The fourth-order valence-corrected chi connectivity index (χ4v) is 10.6. The van der Waals surface area contributed by atoms with Crippen molar-refractivity contribution in [3.05, 3.63) is 107 Å². The molecule has 7 aliphatic heterocycles. The van der Waals surface area contributed by atoms with Gasteiger partial charge >= 0.3 is 0 Å². The molecule has 370 valence electrons. The molecule has 0 aliphatic carbocycles. The molecule has 7 aliphatic rings. The Morgan fingerprint density at radius 1 is 0.451 bits per heavy atom. The van der Waals surface area contributed by atoms with Gasteiger partial charge in [0.15, 0.2) is 23.0 Å². The minimum Gasteiger partial charge on any atom is -0.490 e. The van der Waals surface area contributed by atoms with Gasteiger partial charge in [-0.15, -0.1) is 0 Å². The summed E-state index contributed by atoms with van der Waals surface area (Å²) in [5, 5.41) is 0. The number of nitrogens with zero attached hydrogens (tertiary/aromatic N) is 8. The minimum absolute atomic E-state index is 0.101. The molecule has 14 heteroatoms. The van der Waals surface area contributed by atoms with Gasteiger partial charge in [0.05, 0.1) is 61.0 Å². The number of ether oxygens (including phenoxy) is 4. The molecule has 4 aromatic carbocycles. The van der Waals surface area contributed by atoms with Crippen molar-refractivity contribution >= 4 is 58.1 Å². The molecule has 0 saturated carbocycles. The molecule has 71 heavy (non-hydrogen) atoms. The molecule has 1 unspecified atom stereocenters. The molecule has 0 bridgehead atoms. The standard InChI is InChI=1S/C57H66N8O6/c1-60-18-22-62(23-19-60)44-14-10-40(11-15-44)42-30-46-36-58-50-34-54-52(32-48(50)56(66)64(46)38-42)68-26-7-5-3-4-6-8-27-69-53-33-49-51(35-55(53)71-29-9-28-70-54)59-37-47-31-43(39-65(47)57(49)67)41-12-16-45(17-13-41)63-24-20-61(2)21-25-63/h10-17,32-39,46-47H,3-9,18-31H2,1-2H3/t46-,47?/m0/s1. The first-order chi connectivity index (χ1) is 34.8. The van der Waals surface area contributed by atoms with Crippen LogP contribution in [0.15, 0.2) is 95.2 Å². The number of benzene rings is 4. The Hall–Kier alpha value is -6.64. The third-order valence-electron chi connectivity index (χ3n) is 15.1. The number of rotatable bonds is 4. The predicted molar refractivity (Wildman–Crippen MR) is 281 cm³/mol. The zero-order valence-corrected chi connectivity index (χ0v) is 41.3. The van der Waals surface area contributed by atoms with E-state index in [4.69, 9.17) is 28.9 Å². The van der Waals surface area contributed by atoms with E-state index < -0.39 is 0 Å². The van der Waals surface area contributed by atoms with Gasteiger partial charge in [-0.1, -0.05) is 49.9 Å². The van der Waals surface area contributed by atoms with Gasteiger partial charge in [0, 0.05) is 120 Å². The average molecular weight is 959 g/mol. The molecule has 2 atom stereocenters. The van der Waals surface area contributed by atoms with E-state index in [2.05, 4.69) is 82.2 Å². The fourth-order valence-electron chi connectivity index (χ4n) is 10.6. The molecule has 2 saturated heterocycles. The number of fused-ring (bicyclic) bond motifs is 6. The molecule has 2 fully saturated rings. The van der Waals surface area contributed by atoms with Crippen LogP contribution in [0.1, 0.15) is 89.6 Å². The van der Waals surface area contributed by atoms with Crippen LogP contribution in [-0.2, 0) is 0 Å². The maximum Gasteiger partial charge on any atom is 0.260 e. The average Bonchev–Trinajstić information content (AvgIpc) is 3.98. The molecule has 2 amide bonds. The number of carbonyl (C=O) groups excluding carboxylic acids is 2. The summed E-state index contributed by atoms with van der Waals surface area (Å²) < 4.78 is 25.6. The van der Waals surface area contributed by atoms with Crippen molar-refractivity contribution < 1.29 is 28.5 Å². The van der Waals surface area contributed by atoms with Gasteiger partial charge in [-0.25, -0.2) is 0 Å². The van der Waals surface area contributed by atoms with E-state index in [1.807, 2.05) is 58.9 Å². The summed E-state index contributed by atoms with van der Waals surface area (Å²) in [4.78, 5) is 51.7. The third-order valence-corrected chi connectivity index (χ3v) is 15.1. The third kappa shape index (κ3) is 10.3. The van der Waals surface area contributed by atoms with Gasteiger partial charge in [0.2, 0.25) is 0 Å². The highest BCUT2D eigenvalue weighted by Crippen LogP contribution is 2.43. The summed E-state index contributed by atoms with van der Waals surface area (Å²) in [6.45, 7) is 10.0. The smallest absolute Gasteiger partial charge is 0.260 e. The van der Waals surface area contributed by atoms with Crippen molar-refractivity contribution in [2.75, 3.05) is 103 Å². The van der Waals surface area contributed by atoms with Gasteiger partial charge < -0.3 is 48.3 Å². The first-order valence-corrected chi connectivity index (χ1v) is 25.9. The molecule has 11 rings (SSSR count). The number of anilines is 2. The molecule has 0 radical (unpaired) electrons. The van der Waals surface area contributed by atoms with E-state index in [1.165, 1.54) is 11.4 Å². The van der Waals surface area contributed by atoms with E-state index >= 15 is 0 Å². The van der Waals surface area contributed by atoms with Crippen LogP contribution in [0.2, 0.25) is 0 Å². The SMILES string of the molecule is CN1CCN(c2ccc(C3=CN4C(=O)c5cc6c(cc5N=CC4C3)OCCCOc3cc4c(cc3OCCCCCCCCO6)C(=O)N3C=C(c5ccc(N6CCN(C)CC6)cc5)C[C@H]3C=N4)cc2)CC1. The van der Waals surface area contributed by atoms with Crippen molar-refractivity contribution in [2.45, 2.75) is 69.9 Å². The van der Waals surface area contributed by atoms with Gasteiger partial charge in [-0.05, 0) is 85.6 Å². The first-order valence-electron chi connectivity index (χ1n) is 25.9. The fraction of sp³-hybridized carbons (Fsp3) is 0.439. The second kappa shape index (κ2) is 21.0. The lowest BCUT2D eigenvalue weighted by atomic mass is 10.0. The van der Waals surface area contributed by atoms with Crippen LogP contribution >= 0.6 is 0 Å². The van der Waals surface area contributed by atoms with Crippen LogP contribution in [-0.4, -0.2) is 149 Å². The monoisotopic (exact) mass is 959 g/mol. The Morgan fingerprint density at radius 3 is 1.23 bits per heavy atom. The van der Waals surface area contributed by atoms with E-state index in [0.717, 1.165) is 113 Å². The summed E-state index contributed by atoms with van der Waals surface area (Å²) in [5.41, 5.74) is 9.08. The molecule has 0 spiro atoms. The second-order valence-electron chi connectivity index (χ2n) is 20.0. The Kier molecular flexibility index (Phi) is 13.8. The summed E-state index contributed by atoms with van der Waals surface area (Å²) in [6.07, 6.45) is 15.6. The van der Waals surface area contributed by atoms with Crippen LogP contribution in [0.5, 0.6) is 23.0 Å². The number of likely N-dealkylation sites (N-methyl/N-ethyl adjacent to an activating group) is 2. The Balaban J connectivity index is 0.765. The Bertz CT molecular complexity index is 2530. The molecule has 14 nitrogen and oxygen atoms in total. The minimum atomic E-state index is -0.187. The first kappa shape index (κ1) is 46.7. The Morgan fingerprint density at radius 2 is 0.817 bits per heavy atom. The Labute approximate surface area is 417 Å². The summed E-state index contributed by atoms with van der Waals surface area (Å²) in [7, 11) is 4.34. The maximum atomic E-state index is 14.3. The highest BCUT2D eigenvalue weighted by atomic mass is 16.5. The zero-order chi connectivity index (χ0) is 48.3. The van der Waals surface area contributed by atoms with E-state index in [-0.39, 0.29) is 23.9 Å². The predicted octanol–water partition coefficient (Wildman–Crippen LogP) is 9.09. The molecule has 4 aromatic rings. The molecule has 0 aromatic heterocycles. The molecular formula is C57H66N8O6. The normalized spacial score (nSPS) is 22.5. The van der Waals surface area contributed by atoms with Crippen molar-refractivity contribution in [3.8, 4) is 23.0 Å². The van der Waals surface area contributed by atoms with Crippen LogP contribution in [0, 0.1) is 0 Å². The number of piperazine rings is 2. The molecule has 7 heterocycles. The summed E-state index contributed by atoms with van der Waals surface area (Å²) in [6, 6.07) is 24.5. The number of amides is 2. The summed E-state index contributed by atoms with van der Waals surface area (Å²) in [5.74, 6) is 1.97. The van der Waals surface area contributed by atoms with Gasteiger partial charge in [-0.2, -0.15) is 0 Å². The van der Waals surface area contributed by atoms with Gasteiger partial charge in [-0.3, -0.25) is 19.6 Å². The lowest BCUT2D eigenvalue weighted by Gasteiger charge is -2.34. The van der Waals surface area contributed by atoms with Crippen LogP contribution in [0.4, 0.5) is 22.7 Å². The number of aliphatic imine (C=N–C) groups is 2. The number of hydrogen-bond donors (Lipinski definition) is 0. The van der Waals surface area contributed by atoms with Crippen LogP contribution in [0.3, 0.4) is 0 Å². The van der Waals surface area contributed by atoms with Crippen molar-refractivity contribution in [2.24, 2.45) is 9.98 Å². The maximum absolute atomic E-state index is 14.3. The highest BCUT2D eigenvalue weighted by Gasteiger charge is 2.35. The largest absolute Gasteiger partial charge is 0.490 e. The lowest BCUT2D eigenvalue weighted by molar-refractivity contribution is 0.0809. The topological polar surface area (TPSA) is 115 Å². The van der Waals surface area contributed by atoms with Gasteiger partial charge in [0.25, 0.3) is 11.8 Å². The summed E-state index contributed by atoms with van der Waals surface area (Å²) >= 11 is 0. The number of carbonyl (C=O) groups is 2. The molecule has 0 N–H and O–H groups in total. The van der Waals surface area contributed by atoms with Crippen molar-refractivity contribution in [3.63, 3.8) is 0 Å². The number of hydrogen-bond acceptors (Lipinski definition) is 12.